The van der Waals surface area contributed by atoms with Crippen molar-refractivity contribution in [3.8, 4) is 0 Å². The molecule has 0 aliphatic rings. The van der Waals surface area contributed by atoms with Gasteiger partial charge in [-0.15, -0.1) is 11.3 Å². The molecule has 0 amide bonds. The summed E-state index contributed by atoms with van der Waals surface area (Å²) in [5, 5.41) is 9.78. The molecule has 0 saturated carbocycles. The number of aliphatic carboxylic acids is 1. The fraction of sp³-hybridized carbons (Fsp3) is 0.636. The number of carboxylic acids is 1. The second kappa shape index (κ2) is 5.30. The summed E-state index contributed by atoms with van der Waals surface area (Å²) < 4.78 is 0. The van der Waals surface area contributed by atoms with Crippen LogP contribution in [0.3, 0.4) is 0 Å². The largest absolute Gasteiger partial charge is 0.481 e. The molecule has 0 aromatic carbocycles. The highest BCUT2D eigenvalue weighted by molar-refractivity contribution is 7.15. The Bertz CT molecular complexity index is 374. The van der Waals surface area contributed by atoms with E-state index >= 15 is 0 Å². The van der Waals surface area contributed by atoms with E-state index in [1.165, 1.54) is 4.88 Å². The van der Waals surface area contributed by atoms with Crippen LogP contribution in [0, 0.1) is 12.8 Å². The average Bonchev–Trinajstić information content (AvgIpc) is 2.56. The van der Waals surface area contributed by atoms with Crippen molar-refractivity contribution in [2.45, 2.75) is 26.7 Å². The van der Waals surface area contributed by atoms with Crippen LogP contribution in [0.1, 0.15) is 23.9 Å². The van der Waals surface area contributed by atoms with Crippen LogP contribution in [0.4, 0.5) is 5.13 Å². The van der Waals surface area contributed by atoms with Crippen molar-refractivity contribution >= 4 is 22.4 Å². The zero-order valence-electron chi connectivity index (χ0n) is 10.1. The molecular formula is C11H18N2O2S. The number of aromatic nitrogens is 1. The van der Waals surface area contributed by atoms with E-state index in [4.69, 9.17) is 5.11 Å². The minimum Gasteiger partial charge on any atom is -0.481 e. The highest BCUT2D eigenvalue weighted by Gasteiger charge is 2.14. The fourth-order valence-electron chi connectivity index (χ4n) is 1.31. The molecule has 1 heterocycles. The van der Waals surface area contributed by atoms with E-state index in [-0.39, 0.29) is 5.92 Å². The lowest BCUT2D eigenvalue weighted by Crippen LogP contribution is -2.10. The Kier molecular flexibility index (Phi) is 4.29. The molecule has 1 rings (SSSR count). The molecule has 1 unspecified atom stereocenters. The number of hydrogen-bond acceptors (Lipinski definition) is 4. The van der Waals surface area contributed by atoms with Crippen LogP contribution in [0.25, 0.3) is 0 Å². The molecule has 0 spiro atoms. The smallest absolute Gasteiger partial charge is 0.306 e. The minimum atomic E-state index is -0.727. The number of nitrogens with zero attached hydrogens (tertiary/aromatic N) is 2. The molecule has 0 aliphatic carbocycles. The van der Waals surface area contributed by atoms with Crippen molar-refractivity contribution in [3.05, 3.63) is 10.6 Å². The maximum atomic E-state index is 10.7. The van der Waals surface area contributed by atoms with E-state index in [9.17, 15) is 4.79 Å². The summed E-state index contributed by atoms with van der Waals surface area (Å²) >= 11 is 1.64. The van der Waals surface area contributed by atoms with Gasteiger partial charge in [0.1, 0.15) is 0 Å². The number of anilines is 1. The van der Waals surface area contributed by atoms with Gasteiger partial charge in [-0.05, 0) is 19.8 Å². The van der Waals surface area contributed by atoms with Crippen LogP contribution in [0.2, 0.25) is 0 Å². The number of carboxylic acid groups (broad SMARTS) is 1. The van der Waals surface area contributed by atoms with E-state index in [1.807, 2.05) is 25.9 Å². The standard InChI is InChI=1S/C11H18N2O2S/c1-7(10(14)15)5-6-9-8(2)12-11(16-9)13(3)4/h7H,5-6H2,1-4H3,(H,14,15). The highest BCUT2D eigenvalue weighted by atomic mass is 32.1. The Morgan fingerprint density at radius 2 is 2.19 bits per heavy atom. The summed E-state index contributed by atoms with van der Waals surface area (Å²) in [6.07, 6.45) is 1.47. The second-order valence-electron chi connectivity index (χ2n) is 4.18. The maximum Gasteiger partial charge on any atom is 0.306 e. The van der Waals surface area contributed by atoms with Crippen LogP contribution in [-0.2, 0) is 11.2 Å². The van der Waals surface area contributed by atoms with Crippen molar-refractivity contribution in [2.24, 2.45) is 5.92 Å². The zero-order valence-corrected chi connectivity index (χ0v) is 11.0. The van der Waals surface area contributed by atoms with E-state index in [0.717, 1.165) is 17.2 Å². The van der Waals surface area contributed by atoms with Gasteiger partial charge in [0, 0.05) is 19.0 Å². The Morgan fingerprint density at radius 1 is 1.56 bits per heavy atom. The molecule has 0 bridgehead atoms. The predicted octanol–water partition coefficient (Wildman–Crippen LogP) is 2.17. The molecule has 1 aromatic heterocycles. The van der Waals surface area contributed by atoms with Gasteiger partial charge in [0.2, 0.25) is 0 Å². The first kappa shape index (κ1) is 13.0. The molecule has 90 valence electrons. The lowest BCUT2D eigenvalue weighted by atomic mass is 10.1. The second-order valence-corrected chi connectivity index (χ2v) is 5.24. The molecule has 16 heavy (non-hydrogen) atoms. The van der Waals surface area contributed by atoms with Crippen molar-refractivity contribution in [2.75, 3.05) is 19.0 Å². The lowest BCUT2D eigenvalue weighted by Gasteiger charge is -2.05. The number of aryl methyl sites for hydroxylation is 2. The van der Waals surface area contributed by atoms with E-state index in [1.54, 1.807) is 18.3 Å². The van der Waals surface area contributed by atoms with E-state index in [2.05, 4.69) is 4.98 Å². The summed E-state index contributed by atoms with van der Waals surface area (Å²) in [7, 11) is 3.92. The van der Waals surface area contributed by atoms with E-state index < -0.39 is 5.97 Å². The van der Waals surface area contributed by atoms with Gasteiger partial charge in [0.15, 0.2) is 5.13 Å². The van der Waals surface area contributed by atoms with Gasteiger partial charge in [-0.3, -0.25) is 4.79 Å². The normalized spacial score (nSPS) is 12.5. The molecule has 1 aromatic rings. The van der Waals surface area contributed by atoms with E-state index in [0.29, 0.717) is 6.42 Å². The number of carbonyl (C=O) groups is 1. The third kappa shape index (κ3) is 3.20. The van der Waals surface area contributed by atoms with Crippen LogP contribution in [-0.4, -0.2) is 30.2 Å². The first-order valence-electron chi connectivity index (χ1n) is 5.28. The summed E-state index contributed by atoms with van der Waals surface area (Å²) in [6, 6.07) is 0. The summed E-state index contributed by atoms with van der Waals surface area (Å²) in [4.78, 5) is 18.3. The molecular weight excluding hydrogens is 224 g/mol. The highest BCUT2D eigenvalue weighted by Crippen LogP contribution is 2.26. The van der Waals surface area contributed by atoms with Crippen LogP contribution in [0.5, 0.6) is 0 Å². The number of thiazole rings is 1. The Labute approximate surface area is 99.9 Å². The van der Waals surface area contributed by atoms with Crippen LogP contribution >= 0.6 is 11.3 Å². The van der Waals surface area contributed by atoms with Crippen molar-refractivity contribution < 1.29 is 9.90 Å². The fourth-order valence-corrected chi connectivity index (χ4v) is 2.31. The van der Waals surface area contributed by atoms with Gasteiger partial charge in [-0.1, -0.05) is 6.92 Å². The van der Waals surface area contributed by atoms with Gasteiger partial charge in [0.25, 0.3) is 0 Å². The third-order valence-electron chi connectivity index (χ3n) is 2.49. The summed E-state index contributed by atoms with van der Waals surface area (Å²) in [5.41, 5.74) is 1.02. The van der Waals surface area contributed by atoms with Crippen LogP contribution in [0.15, 0.2) is 0 Å². The molecule has 0 aliphatic heterocycles. The number of hydrogen-bond donors (Lipinski definition) is 1. The monoisotopic (exact) mass is 242 g/mol. The van der Waals surface area contributed by atoms with Gasteiger partial charge in [0.05, 0.1) is 11.6 Å². The van der Waals surface area contributed by atoms with Crippen molar-refractivity contribution in [3.63, 3.8) is 0 Å². The van der Waals surface area contributed by atoms with Gasteiger partial charge < -0.3 is 10.0 Å². The third-order valence-corrected chi connectivity index (χ3v) is 3.87. The molecule has 0 radical (unpaired) electrons. The Hall–Kier alpha value is -1.10. The topological polar surface area (TPSA) is 53.4 Å². The summed E-state index contributed by atoms with van der Waals surface area (Å²) in [6.45, 7) is 3.72. The Morgan fingerprint density at radius 3 is 2.62 bits per heavy atom. The lowest BCUT2D eigenvalue weighted by molar-refractivity contribution is -0.141. The first-order valence-corrected chi connectivity index (χ1v) is 6.10. The molecule has 1 atom stereocenters. The predicted molar refractivity (Wildman–Crippen MR) is 66.3 cm³/mol. The van der Waals surface area contributed by atoms with Gasteiger partial charge in [-0.2, -0.15) is 0 Å². The Balaban J connectivity index is 2.64. The minimum absolute atomic E-state index is 0.288. The quantitative estimate of drug-likeness (QED) is 0.859. The first-order chi connectivity index (χ1) is 7.41. The molecule has 5 heteroatoms. The van der Waals surface area contributed by atoms with Crippen molar-refractivity contribution in [1.82, 2.24) is 4.98 Å². The summed E-state index contributed by atoms with van der Waals surface area (Å²) in [5.74, 6) is -1.01. The number of rotatable bonds is 5. The SMILES string of the molecule is Cc1nc(N(C)C)sc1CCC(C)C(=O)O. The molecule has 1 N–H and O–H groups in total. The molecule has 0 fully saturated rings. The average molecular weight is 242 g/mol. The van der Waals surface area contributed by atoms with Crippen LogP contribution < -0.4 is 4.90 Å². The maximum absolute atomic E-state index is 10.7. The molecule has 4 nitrogen and oxygen atoms in total. The van der Waals surface area contributed by atoms with Crippen molar-refractivity contribution in [1.29, 1.82) is 0 Å². The molecule has 0 saturated heterocycles. The van der Waals surface area contributed by atoms with Gasteiger partial charge >= 0.3 is 5.97 Å². The van der Waals surface area contributed by atoms with Gasteiger partial charge in [-0.25, -0.2) is 4.98 Å². The zero-order chi connectivity index (χ0) is 12.3.